The zero-order valence-electron chi connectivity index (χ0n) is 17.2. The number of H-pyrrole nitrogens is 1. The highest BCUT2D eigenvalue weighted by molar-refractivity contribution is 5.63. The molecule has 2 heterocycles. The van der Waals surface area contributed by atoms with Gasteiger partial charge in [0.2, 0.25) is 0 Å². The molecule has 0 aliphatic carbocycles. The van der Waals surface area contributed by atoms with Crippen LogP contribution in [-0.4, -0.2) is 26.6 Å². The normalized spacial score (nSPS) is 11.8. The lowest BCUT2D eigenvalue weighted by Crippen LogP contribution is -2.13. The Morgan fingerprint density at radius 3 is 2.35 bits per heavy atom. The van der Waals surface area contributed by atoms with E-state index in [1.54, 1.807) is 12.3 Å². The smallest absolute Gasteiger partial charge is 0.251 e. The van der Waals surface area contributed by atoms with E-state index in [0.29, 0.717) is 24.6 Å². The third-order valence-electron chi connectivity index (χ3n) is 5.07. The summed E-state index contributed by atoms with van der Waals surface area (Å²) in [7, 11) is 0. The van der Waals surface area contributed by atoms with E-state index in [1.807, 2.05) is 55.5 Å². The van der Waals surface area contributed by atoms with Gasteiger partial charge in [-0.2, -0.15) is 0 Å². The highest BCUT2D eigenvalue weighted by atomic mass is 16.3. The summed E-state index contributed by atoms with van der Waals surface area (Å²) in [5.41, 5.74) is 4.39. The highest BCUT2D eigenvalue weighted by Crippen LogP contribution is 2.22. The fraction of sp³-hybridized carbons (Fsp3) is 0.160. The van der Waals surface area contributed by atoms with Crippen molar-refractivity contribution in [1.82, 2.24) is 15.0 Å². The third-order valence-corrected chi connectivity index (χ3v) is 5.07. The minimum absolute atomic E-state index is 0.176. The first kappa shape index (κ1) is 20.5. The van der Waals surface area contributed by atoms with Crippen LogP contribution in [0.3, 0.4) is 0 Å². The van der Waals surface area contributed by atoms with Crippen molar-refractivity contribution in [3.63, 3.8) is 0 Å². The molecule has 6 heteroatoms. The van der Waals surface area contributed by atoms with Crippen LogP contribution in [0.2, 0.25) is 0 Å². The predicted molar refractivity (Wildman–Crippen MR) is 123 cm³/mol. The molecule has 156 valence electrons. The van der Waals surface area contributed by atoms with Crippen molar-refractivity contribution in [3.8, 4) is 22.5 Å². The van der Waals surface area contributed by atoms with E-state index in [0.717, 1.165) is 27.9 Å². The molecule has 0 saturated carbocycles. The van der Waals surface area contributed by atoms with Gasteiger partial charge < -0.3 is 15.4 Å². The van der Waals surface area contributed by atoms with Gasteiger partial charge in [-0.15, -0.1) is 0 Å². The lowest BCUT2D eigenvalue weighted by molar-refractivity contribution is 0.191. The maximum Gasteiger partial charge on any atom is 0.251 e. The molecule has 2 aromatic carbocycles. The van der Waals surface area contributed by atoms with Crippen molar-refractivity contribution in [2.45, 2.75) is 19.4 Å². The van der Waals surface area contributed by atoms with Crippen LogP contribution in [-0.2, 0) is 6.42 Å². The van der Waals surface area contributed by atoms with E-state index in [-0.39, 0.29) is 5.56 Å². The second kappa shape index (κ2) is 9.36. The molecular formula is C25H24N4O2. The molecule has 0 aliphatic heterocycles. The van der Waals surface area contributed by atoms with Crippen LogP contribution >= 0.6 is 0 Å². The topological polar surface area (TPSA) is 90.9 Å². The van der Waals surface area contributed by atoms with Gasteiger partial charge in [-0.3, -0.25) is 4.79 Å². The molecule has 4 aromatic rings. The molecule has 1 unspecified atom stereocenters. The Labute approximate surface area is 180 Å². The largest absolute Gasteiger partial charge is 0.387 e. The number of benzene rings is 2. The van der Waals surface area contributed by atoms with E-state index in [1.165, 1.54) is 6.07 Å². The zero-order valence-corrected chi connectivity index (χ0v) is 17.2. The minimum atomic E-state index is -0.662. The molecule has 3 N–H and O–H groups in total. The number of aryl methyl sites for hydroxylation is 1. The van der Waals surface area contributed by atoms with Crippen LogP contribution in [0.4, 0.5) is 5.82 Å². The fourth-order valence-electron chi connectivity index (χ4n) is 3.31. The summed E-state index contributed by atoms with van der Waals surface area (Å²) >= 11 is 0. The van der Waals surface area contributed by atoms with Gasteiger partial charge in [0.05, 0.1) is 6.10 Å². The van der Waals surface area contributed by atoms with Crippen LogP contribution in [0.25, 0.3) is 22.5 Å². The van der Waals surface area contributed by atoms with Crippen LogP contribution < -0.4 is 10.9 Å². The van der Waals surface area contributed by atoms with Crippen molar-refractivity contribution in [2.24, 2.45) is 0 Å². The van der Waals surface area contributed by atoms with Crippen LogP contribution in [0, 0.1) is 0 Å². The van der Waals surface area contributed by atoms with Gasteiger partial charge >= 0.3 is 0 Å². The number of nitrogens with zero attached hydrogens (tertiary/aromatic N) is 2. The van der Waals surface area contributed by atoms with E-state index in [4.69, 9.17) is 0 Å². The Morgan fingerprint density at radius 2 is 1.68 bits per heavy atom. The average Bonchev–Trinajstić information content (AvgIpc) is 2.83. The predicted octanol–water partition coefficient (Wildman–Crippen LogP) is 4.21. The van der Waals surface area contributed by atoms with Gasteiger partial charge in [-0.05, 0) is 35.2 Å². The summed E-state index contributed by atoms with van der Waals surface area (Å²) in [6.07, 6.45) is 1.68. The minimum Gasteiger partial charge on any atom is -0.387 e. The average molecular weight is 412 g/mol. The van der Waals surface area contributed by atoms with Gasteiger partial charge in [-0.25, -0.2) is 9.97 Å². The first-order valence-electron chi connectivity index (χ1n) is 10.3. The van der Waals surface area contributed by atoms with Gasteiger partial charge in [0, 0.05) is 30.1 Å². The molecule has 0 aliphatic rings. The van der Waals surface area contributed by atoms with E-state index in [9.17, 15) is 9.90 Å². The molecule has 0 bridgehead atoms. The standard InChI is InChI=1S/C25H24N4O2/c1-2-21-14-24(31)29-25(28-21)20-12-13-23(26-15-20)27-16-22(30)19-10-8-18(9-11-19)17-6-4-3-5-7-17/h3-15,22,30H,2,16H2,1H3,(H,26,27)(H,28,29,31). The first-order valence-corrected chi connectivity index (χ1v) is 10.3. The van der Waals surface area contributed by atoms with Crippen LogP contribution in [0.5, 0.6) is 0 Å². The Morgan fingerprint density at radius 1 is 0.968 bits per heavy atom. The number of nitrogens with one attached hydrogen (secondary N) is 2. The second-order valence-electron chi connectivity index (χ2n) is 7.26. The quantitative estimate of drug-likeness (QED) is 0.423. The van der Waals surface area contributed by atoms with Crippen molar-refractivity contribution in [3.05, 3.63) is 101 Å². The summed E-state index contributed by atoms with van der Waals surface area (Å²) in [5, 5.41) is 13.7. The zero-order chi connectivity index (χ0) is 21.6. The molecule has 6 nitrogen and oxygen atoms in total. The van der Waals surface area contributed by atoms with Gasteiger partial charge in [-0.1, -0.05) is 61.5 Å². The molecule has 0 saturated heterocycles. The van der Waals surface area contributed by atoms with Crippen molar-refractivity contribution in [1.29, 1.82) is 0 Å². The Bertz CT molecular complexity index is 1190. The molecule has 1 atom stereocenters. The monoisotopic (exact) mass is 412 g/mol. The van der Waals surface area contributed by atoms with Gasteiger partial charge in [0.25, 0.3) is 5.56 Å². The SMILES string of the molecule is CCc1cc(=O)[nH]c(-c2ccc(NCC(O)c3ccc(-c4ccccc4)cc3)nc2)n1. The second-order valence-corrected chi connectivity index (χ2v) is 7.26. The summed E-state index contributed by atoms with van der Waals surface area (Å²) < 4.78 is 0. The van der Waals surface area contributed by atoms with Crippen molar-refractivity contribution >= 4 is 5.82 Å². The Kier molecular flexibility index (Phi) is 6.19. The van der Waals surface area contributed by atoms with E-state index < -0.39 is 6.10 Å². The molecule has 0 spiro atoms. The molecule has 0 amide bonds. The van der Waals surface area contributed by atoms with Gasteiger partial charge in [0.15, 0.2) is 0 Å². The molecule has 0 radical (unpaired) electrons. The Balaban J connectivity index is 1.39. The number of hydrogen-bond acceptors (Lipinski definition) is 5. The summed E-state index contributed by atoms with van der Waals surface area (Å²) in [4.78, 5) is 23.3. The number of pyridine rings is 1. The lowest BCUT2D eigenvalue weighted by Gasteiger charge is -2.13. The number of aromatic amines is 1. The van der Waals surface area contributed by atoms with E-state index in [2.05, 4.69) is 32.4 Å². The summed E-state index contributed by atoms with van der Waals surface area (Å²) in [6.45, 7) is 2.29. The number of hydrogen-bond donors (Lipinski definition) is 3. The fourth-order valence-corrected chi connectivity index (χ4v) is 3.31. The van der Waals surface area contributed by atoms with Crippen LogP contribution in [0.1, 0.15) is 24.3 Å². The first-order chi connectivity index (χ1) is 15.1. The maximum atomic E-state index is 11.8. The molecule has 2 aromatic heterocycles. The number of aliphatic hydroxyl groups excluding tert-OH is 1. The molecule has 0 fully saturated rings. The summed E-state index contributed by atoms with van der Waals surface area (Å²) in [6, 6.07) is 23.2. The van der Waals surface area contributed by atoms with E-state index >= 15 is 0 Å². The Hall–Kier alpha value is -3.77. The maximum absolute atomic E-state index is 11.8. The molecule has 4 rings (SSSR count). The number of aliphatic hydroxyl groups is 1. The number of rotatable bonds is 7. The molecular weight excluding hydrogens is 388 g/mol. The van der Waals surface area contributed by atoms with Crippen molar-refractivity contribution < 1.29 is 5.11 Å². The summed E-state index contributed by atoms with van der Waals surface area (Å²) in [5.74, 6) is 1.14. The van der Waals surface area contributed by atoms with Crippen molar-refractivity contribution in [2.75, 3.05) is 11.9 Å². The highest BCUT2D eigenvalue weighted by Gasteiger charge is 2.09. The number of anilines is 1. The third kappa shape index (κ3) is 5.05. The number of aromatic nitrogens is 3. The van der Waals surface area contributed by atoms with Crippen LogP contribution in [0.15, 0.2) is 83.8 Å². The lowest BCUT2D eigenvalue weighted by atomic mass is 10.0. The molecule has 31 heavy (non-hydrogen) atoms. The van der Waals surface area contributed by atoms with Gasteiger partial charge in [0.1, 0.15) is 11.6 Å².